The molecule has 1 nitrogen and oxygen atoms in total. The van der Waals surface area contributed by atoms with E-state index >= 15 is 0 Å². The molecule has 0 amide bonds. The van der Waals surface area contributed by atoms with Gasteiger partial charge in [0.25, 0.3) is 0 Å². The average Bonchev–Trinajstić information content (AvgIpc) is 3.79. The van der Waals surface area contributed by atoms with E-state index in [9.17, 15) is 0 Å². The summed E-state index contributed by atoms with van der Waals surface area (Å²) >= 11 is 0. The number of fused-ring (bicyclic) bond motifs is 8. The first-order chi connectivity index (χ1) is 28.3. The third-order valence-corrected chi connectivity index (χ3v) is 13.0. The van der Waals surface area contributed by atoms with Gasteiger partial charge < -0.3 is 4.57 Å². The van der Waals surface area contributed by atoms with Gasteiger partial charge in [-0.2, -0.15) is 0 Å². The Morgan fingerprint density at radius 1 is 0.298 bits per heavy atom. The van der Waals surface area contributed by atoms with Gasteiger partial charge in [0.15, 0.2) is 0 Å². The second-order valence-corrected chi connectivity index (χ2v) is 15.5. The lowest BCUT2D eigenvalue weighted by Crippen LogP contribution is -2.44. The van der Waals surface area contributed by atoms with Crippen molar-refractivity contribution >= 4 is 21.8 Å². The van der Waals surface area contributed by atoms with Crippen molar-refractivity contribution in [2.75, 3.05) is 0 Å². The molecule has 0 saturated heterocycles. The minimum Gasteiger partial charge on any atom is -0.309 e. The van der Waals surface area contributed by atoms with Gasteiger partial charge in [0.05, 0.1) is 21.9 Å². The fourth-order valence-electron chi connectivity index (χ4n) is 10.8. The van der Waals surface area contributed by atoms with Crippen LogP contribution >= 0.6 is 0 Å². The first kappa shape index (κ1) is 32.1. The summed E-state index contributed by atoms with van der Waals surface area (Å²) in [5, 5.41) is 2.52. The topological polar surface area (TPSA) is 4.93 Å². The van der Waals surface area contributed by atoms with Gasteiger partial charge in [0, 0.05) is 16.5 Å². The molecule has 0 bridgehead atoms. The minimum atomic E-state index is -0.560. The molecular formula is C56H37N. The van der Waals surface area contributed by atoms with Crippen molar-refractivity contribution in [2.45, 2.75) is 10.8 Å². The summed E-state index contributed by atoms with van der Waals surface area (Å²) in [6.07, 6.45) is 0. The summed E-state index contributed by atoms with van der Waals surface area (Å²) < 4.78 is 2.38. The maximum Gasteiger partial charge on any atom is 0.0720 e. The van der Waals surface area contributed by atoms with Crippen LogP contribution in [-0.4, -0.2) is 4.57 Å². The number of nitrogens with zero attached hydrogens (tertiary/aromatic N) is 1. The number of rotatable bonds is 5. The standard InChI is InChI=1S/C56H37N/c1-4-17-40(18-5-1)55(42-34-31-38(32-35-42)39-33-36-53-47(37-39)45-24-11-15-30-52(45)57(53)43-21-8-3-9-22-43)49-27-13-14-28-50(49)56(41-19-6-2-7-20-41)48-26-12-10-23-44(48)46-25-16-29-51(55)54(46)56/h1-37H. The maximum absolute atomic E-state index is 2.41. The maximum atomic E-state index is 2.41. The number of aromatic nitrogens is 1. The molecule has 0 radical (unpaired) electrons. The Hall–Kier alpha value is -7.22. The highest BCUT2D eigenvalue weighted by atomic mass is 15.0. The lowest BCUT2D eigenvalue weighted by atomic mass is 9.51. The van der Waals surface area contributed by atoms with E-state index in [2.05, 4.69) is 229 Å². The van der Waals surface area contributed by atoms with Crippen LogP contribution in [-0.2, 0) is 10.8 Å². The molecule has 2 atom stereocenters. The van der Waals surface area contributed by atoms with Crippen molar-refractivity contribution in [1.82, 2.24) is 4.57 Å². The van der Waals surface area contributed by atoms with Crippen molar-refractivity contribution in [3.05, 3.63) is 269 Å². The van der Waals surface area contributed by atoms with Crippen LogP contribution in [0.1, 0.15) is 44.5 Å². The second-order valence-electron chi connectivity index (χ2n) is 15.5. The Kier molecular flexibility index (Phi) is 6.83. The molecule has 2 aliphatic rings. The van der Waals surface area contributed by atoms with Crippen molar-refractivity contribution in [3.63, 3.8) is 0 Å². The van der Waals surface area contributed by atoms with E-state index in [1.165, 1.54) is 94.3 Å². The summed E-state index contributed by atoms with van der Waals surface area (Å²) in [4.78, 5) is 0. The monoisotopic (exact) mass is 723 g/mol. The molecule has 266 valence electrons. The zero-order chi connectivity index (χ0) is 37.6. The number of para-hydroxylation sites is 2. The van der Waals surface area contributed by atoms with Crippen LogP contribution in [0.2, 0.25) is 0 Å². The molecule has 0 fully saturated rings. The van der Waals surface area contributed by atoms with E-state index in [4.69, 9.17) is 0 Å². The predicted molar refractivity (Wildman–Crippen MR) is 235 cm³/mol. The molecule has 0 saturated carbocycles. The van der Waals surface area contributed by atoms with E-state index in [0.717, 1.165) is 0 Å². The zero-order valence-corrected chi connectivity index (χ0v) is 31.3. The van der Waals surface area contributed by atoms with Crippen LogP contribution in [0.3, 0.4) is 0 Å². The lowest BCUT2D eigenvalue weighted by molar-refractivity contribution is 0.627. The van der Waals surface area contributed by atoms with Crippen LogP contribution < -0.4 is 0 Å². The molecule has 12 rings (SSSR count). The molecular weight excluding hydrogens is 687 g/mol. The largest absolute Gasteiger partial charge is 0.309 e. The molecule has 1 heteroatoms. The van der Waals surface area contributed by atoms with E-state index in [1.807, 2.05) is 0 Å². The van der Waals surface area contributed by atoms with E-state index in [0.29, 0.717) is 0 Å². The van der Waals surface area contributed by atoms with Crippen molar-refractivity contribution in [1.29, 1.82) is 0 Å². The number of hydrogen-bond acceptors (Lipinski definition) is 0. The molecule has 0 aliphatic heterocycles. The van der Waals surface area contributed by atoms with E-state index in [-0.39, 0.29) is 0 Å². The summed E-state index contributed by atoms with van der Waals surface area (Å²) in [7, 11) is 0. The minimum absolute atomic E-state index is 0.451. The third kappa shape index (κ3) is 4.23. The average molecular weight is 724 g/mol. The van der Waals surface area contributed by atoms with Gasteiger partial charge in [-0.05, 0) is 97.1 Å². The van der Waals surface area contributed by atoms with Crippen molar-refractivity contribution in [2.24, 2.45) is 0 Å². The predicted octanol–water partition coefficient (Wildman–Crippen LogP) is 13.5. The second kappa shape index (κ2) is 12.1. The van der Waals surface area contributed by atoms with Crippen LogP contribution in [0.15, 0.2) is 224 Å². The van der Waals surface area contributed by atoms with Crippen LogP contribution in [0.4, 0.5) is 0 Å². The quantitative estimate of drug-likeness (QED) is 0.167. The van der Waals surface area contributed by atoms with E-state index < -0.39 is 10.8 Å². The fraction of sp³-hybridized carbons (Fsp3) is 0.0357. The van der Waals surface area contributed by atoms with Crippen LogP contribution in [0.5, 0.6) is 0 Å². The molecule has 9 aromatic carbocycles. The first-order valence-corrected chi connectivity index (χ1v) is 19.9. The molecule has 10 aromatic rings. The number of benzene rings is 9. The smallest absolute Gasteiger partial charge is 0.0720 e. The SMILES string of the molecule is c1ccc(-n2c3ccccc3c3cc(-c4ccc(C5(c6ccccc6)c6ccccc6C6(c7ccccc7)c7ccccc7-c7cccc5c76)cc4)ccc32)cc1. The lowest BCUT2D eigenvalue weighted by Gasteiger charge is -2.49. The van der Waals surface area contributed by atoms with Gasteiger partial charge in [-0.15, -0.1) is 0 Å². The highest BCUT2D eigenvalue weighted by Crippen LogP contribution is 2.65. The Balaban J connectivity index is 1.10. The fourth-order valence-corrected chi connectivity index (χ4v) is 10.8. The van der Waals surface area contributed by atoms with Gasteiger partial charge in [-0.3, -0.25) is 0 Å². The Morgan fingerprint density at radius 3 is 1.54 bits per heavy atom. The summed E-state index contributed by atoms with van der Waals surface area (Å²) in [6, 6.07) is 83.7. The van der Waals surface area contributed by atoms with Crippen molar-refractivity contribution < 1.29 is 0 Å². The van der Waals surface area contributed by atoms with Crippen LogP contribution in [0.25, 0.3) is 49.7 Å². The highest BCUT2D eigenvalue weighted by molar-refractivity contribution is 6.10. The highest BCUT2D eigenvalue weighted by Gasteiger charge is 2.57. The molecule has 1 heterocycles. The van der Waals surface area contributed by atoms with Gasteiger partial charge in [-0.25, -0.2) is 0 Å². The molecule has 2 aliphatic carbocycles. The molecule has 0 spiro atoms. The van der Waals surface area contributed by atoms with Gasteiger partial charge >= 0.3 is 0 Å². The molecule has 2 unspecified atom stereocenters. The van der Waals surface area contributed by atoms with Gasteiger partial charge in [0.2, 0.25) is 0 Å². The summed E-state index contributed by atoms with van der Waals surface area (Å²) in [6.45, 7) is 0. The normalized spacial score (nSPS) is 17.6. The van der Waals surface area contributed by atoms with Gasteiger partial charge in [0.1, 0.15) is 0 Å². The molecule has 0 N–H and O–H groups in total. The van der Waals surface area contributed by atoms with Gasteiger partial charge in [-0.1, -0.05) is 194 Å². The van der Waals surface area contributed by atoms with Crippen molar-refractivity contribution in [3.8, 4) is 27.9 Å². The Morgan fingerprint density at radius 2 is 0.807 bits per heavy atom. The zero-order valence-electron chi connectivity index (χ0n) is 31.3. The van der Waals surface area contributed by atoms with E-state index in [1.54, 1.807) is 0 Å². The Labute approximate surface area is 332 Å². The molecule has 57 heavy (non-hydrogen) atoms. The summed E-state index contributed by atoms with van der Waals surface area (Å²) in [5.74, 6) is 0. The molecule has 1 aromatic heterocycles. The Bertz CT molecular complexity index is 3160. The summed E-state index contributed by atoms with van der Waals surface area (Å²) in [5.41, 5.74) is 18.2. The van der Waals surface area contributed by atoms with Crippen LogP contribution in [0, 0.1) is 0 Å². The first-order valence-electron chi connectivity index (χ1n) is 19.9. The third-order valence-electron chi connectivity index (χ3n) is 13.0. The number of hydrogen-bond donors (Lipinski definition) is 0.